The second-order valence-corrected chi connectivity index (χ2v) is 14.2. The zero-order valence-electron chi connectivity index (χ0n) is 24.2. The van der Waals surface area contributed by atoms with E-state index < -0.39 is 15.4 Å². The van der Waals surface area contributed by atoms with Crippen LogP contribution in [0.3, 0.4) is 0 Å². The van der Waals surface area contributed by atoms with Gasteiger partial charge >= 0.3 is 6.09 Å². The number of hydrogen-bond donors (Lipinski definition) is 0. The summed E-state index contributed by atoms with van der Waals surface area (Å²) in [5.41, 5.74) is 1.98. The van der Waals surface area contributed by atoms with Crippen LogP contribution in [0.25, 0.3) is 11.3 Å². The van der Waals surface area contributed by atoms with E-state index in [9.17, 15) is 18.0 Å². The van der Waals surface area contributed by atoms with Crippen LogP contribution in [0.15, 0.2) is 46.8 Å². The quantitative estimate of drug-likeness (QED) is 0.384. The Morgan fingerprint density at radius 2 is 1.73 bits per heavy atom. The molecular formula is C29H36N4O6S2. The molecule has 1 fully saturated rings. The van der Waals surface area contributed by atoms with Crippen molar-refractivity contribution in [1.29, 1.82) is 0 Å². The molecule has 0 atom stereocenters. The molecule has 4 rings (SSSR count). The maximum Gasteiger partial charge on any atom is 0.410 e. The van der Waals surface area contributed by atoms with E-state index in [4.69, 9.17) is 14.5 Å². The Labute approximate surface area is 245 Å². The normalized spacial score (nSPS) is 14.3. The van der Waals surface area contributed by atoms with Crippen molar-refractivity contribution >= 4 is 33.2 Å². The second-order valence-electron chi connectivity index (χ2n) is 11.2. The summed E-state index contributed by atoms with van der Waals surface area (Å²) < 4.78 is 35.6. The standard InChI is InChI=1S/C29H36N4O6S2/c1-19(2)38-25-10-8-22(41(6,36)37)15-21(25)16-26-31-24(18-40-26)20-7-9-23(30-17-20)27(34)32-11-13-33(14-12-32)28(35)39-29(3,4)5/h7-10,15,17-19H,11-14,16H2,1-6H3. The Morgan fingerprint density at radius 1 is 1.05 bits per heavy atom. The van der Waals surface area contributed by atoms with Crippen molar-refractivity contribution in [2.24, 2.45) is 0 Å². The first-order chi connectivity index (χ1) is 19.2. The predicted octanol–water partition coefficient (Wildman–Crippen LogP) is 4.68. The molecule has 1 aliphatic heterocycles. The maximum atomic E-state index is 13.0. The fourth-order valence-electron chi connectivity index (χ4n) is 4.23. The lowest BCUT2D eigenvalue weighted by atomic mass is 10.1. The number of aromatic nitrogens is 2. The monoisotopic (exact) mass is 600 g/mol. The van der Waals surface area contributed by atoms with Gasteiger partial charge < -0.3 is 19.3 Å². The second kappa shape index (κ2) is 12.2. The molecule has 0 aliphatic carbocycles. The number of sulfone groups is 1. The number of piperazine rings is 1. The zero-order valence-corrected chi connectivity index (χ0v) is 25.8. The Morgan fingerprint density at radius 3 is 2.32 bits per heavy atom. The lowest BCUT2D eigenvalue weighted by Gasteiger charge is -2.35. The summed E-state index contributed by atoms with van der Waals surface area (Å²) in [4.78, 5) is 38.0. The molecule has 3 heterocycles. The van der Waals surface area contributed by atoms with Gasteiger partial charge in [-0.3, -0.25) is 9.78 Å². The molecule has 3 aromatic rings. The molecule has 220 valence electrons. The van der Waals surface area contributed by atoms with Crippen molar-refractivity contribution in [2.45, 2.75) is 57.6 Å². The number of carbonyl (C=O) groups excluding carboxylic acids is 2. The van der Waals surface area contributed by atoms with Crippen molar-refractivity contribution in [1.82, 2.24) is 19.8 Å². The van der Waals surface area contributed by atoms with E-state index in [2.05, 4.69) is 4.98 Å². The van der Waals surface area contributed by atoms with Gasteiger partial charge in [-0.05, 0) is 65.0 Å². The first kappa shape index (κ1) is 30.4. The maximum absolute atomic E-state index is 13.0. The summed E-state index contributed by atoms with van der Waals surface area (Å²) in [6.07, 6.45) is 2.78. The van der Waals surface area contributed by atoms with Gasteiger partial charge in [0.25, 0.3) is 5.91 Å². The van der Waals surface area contributed by atoms with Crippen molar-refractivity contribution < 1.29 is 27.5 Å². The van der Waals surface area contributed by atoms with Crippen LogP contribution in [0.1, 0.15) is 55.7 Å². The molecule has 41 heavy (non-hydrogen) atoms. The van der Waals surface area contributed by atoms with Crippen molar-refractivity contribution in [3.63, 3.8) is 0 Å². The molecule has 0 radical (unpaired) electrons. The summed E-state index contributed by atoms with van der Waals surface area (Å²) in [6, 6.07) is 8.38. The summed E-state index contributed by atoms with van der Waals surface area (Å²) >= 11 is 1.46. The van der Waals surface area contributed by atoms with Crippen molar-refractivity contribution in [2.75, 3.05) is 32.4 Å². The van der Waals surface area contributed by atoms with Crippen LogP contribution in [0.5, 0.6) is 5.75 Å². The molecule has 1 aromatic carbocycles. The van der Waals surface area contributed by atoms with Crippen LogP contribution in [-0.2, 0) is 21.0 Å². The SMILES string of the molecule is CC(C)Oc1ccc(S(C)(=O)=O)cc1Cc1nc(-c2ccc(C(=O)N3CCN(C(=O)OC(C)(C)C)CC3)nc2)cs1. The fourth-order valence-corrected chi connectivity index (χ4v) is 5.73. The highest BCUT2D eigenvalue weighted by Gasteiger charge is 2.28. The molecule has 1 saturated heterocycles. The van der Waals surface area contributed by atoms with E-state index in [0.717, 1.165) is 16.1 Å². The molecule has 12 heteroatoms. The Hall–Kier alpha value is -3.51. The number of carbonyl (C=O) groups is 2. The minimum atomic E-state index is -3.37. The largest absolute Gasteiger partial charge is 0.491 e. The Balaban J connectivity index is 1.42. The zero-order chi connectivity index (χ0) is 29.9. The van der Waals surface area contributed by atoms with Crippen LogP contribution < -0.4 is 4.74 Å². The van der Waals surface area contributed by atoms with E-state index in [-0.39, 0.29) is 23.0 Å². The third kappa shape index (κ3) is 8.04. The fraction of sp³-hybridized carbons (Fsp3) is 0.448. The average Bonchev–Trinajstić information content (AvgIpc) is 3.36. The highest BCUT2D eigenvalue weighted by molar-refractivity contribution is 7.90. The minimum absolute atomic E-state index is 0.0640. The predicted molar refractivity (Wildman–Crippen MR) is 157 cm³/mol. The van der Waals surface area contributed by atoms with Crippen LogP contribution in [0.2, 0.25) is 0 Å². The third-order valence-corrected chi connectivity index (χ3v) is 8.17. The first-order valence-electron chi connectivity index (χ1n) is 13.4. The number of nitrogens with zero attached hydrogens (tertiary/aromatic N) is 4. The Bertz CT molecular complexity index is 1500. The first-order valence-corrected chi connectivity index (χ1v) is 16.1. The average molecular weight is 601 g/mol. The van der Waals surface area contributed by atoms with E-state index in [1.54, 1.807) is 40.3 Å². The number of amides is 2. The third-order valence-electron chi connectivity index (χ3n) is 6.21. The number of thiazole rings is 1. The summed E-state index contributed by atoms with van der Waals surface area (Å²) in [6.45, 7) is 10.9. The van der Waals surface area contributed by atoms with Gasteiger partial charge in [-0.15, -0.1) is 11.3 Å². The number of hydrogen-bond acceptors (Lipinski definition) is 9. The molecule has 0 bridgehead atoms. The van der Waals surface area contributed by atoms with Crippen LogP contribution in [0, 0.1) is 0 Å². The van der Waals surface area contributed by atoms with Crippen LogP contribution in [-0.4, -0.2) is 84.3 Å². The van der Waals surface area contributed by atoms with Crippen molar-refractivity contribution in [3.8, 4) is 17.0 Å². The highest BCUT2D eigenvalue weighted by atomic mass is 32.2. The number of pyridine rings is 1. The molecule has 0 N–H and O–H groups in total. The minimum Gasteiger partial charge on any atom is -0.491 e. The van der Waals surface area contributed by atoms with E-state index in [1.165, 1.54) is 17.6 Å². The van der Waals surface area contributed by atoms with Gasteiger partial charge in [0.15, 0.2) is 9.84 Å². The summed E-state index contributed by atoms with van der Waals surface area (Å²) in [7, 11) is -3.37. The van der Waals surface area contributed by atoms with Gasteiger partial charge in [0.1, 0.15) is 17.0 Å². The summed E-state index contributed by atoms with van der Waals surface area (Å²) in [5.74, 6) is 0.434. The summed E-state index contributed by atoms with van der Waals surface area (Å²) in [5, 5.41) is 2.70. The number of ether oxygens (including phenoxy) is 2. The number of benzene rings is 1. The van der Waals surface area contributed by atoms with Crippen molar-refractivity contribution in [3.05, 3.63) is 58.2 Å². The smallest absolute Gasteiger partial charge is 0.410 e. The van der Waals surface area contributed by atoms with Crippen LogP contribution in [0.4, 0.5) is 4.79 Å². The van der Waals surface area contributed by atoms with Crippen LogP contribution >= 0.6 is 11.3 Å². The van der Waals surface area contributed by atoms with Gasteiger partial charge in [0.2, 0.25) is 0 Å². The molecule has 1 aliphatic rings. The molecule has 2 amide bonds. The molecule has 0 unspecified atom stereocenters. The molecule has 0 saturated carbocycles. The molecule has 0 spiro atoms. The number of rotatable bonds is 7. The Kier molecular flexibility index (Phi) is 9.03. The molecule has 10 nitrogen and oxygen atoms in total. The van der Waals surface area contributed by atoms with E-state index in [0.29, 0.717) is 49.7 Å². The van der Waals surface area contributed by atoms with Gasteiger partial charge in [-0.1, -0.05) is 0 Å². The van der Waals surface area contributed by atoms with Gasteiger partial charge in [0.05, 0.1) is 21.7 Å². The van der Waals surface area contributed by atoms with E-state index >= 15 is 0 Å². The topological polar surface area (TPSA) is 119 Å². The van der Waals surface area contributed by atoms with Gasteiger partial charge in [-0.2, -0.15) is 0 Å². The van der Waals surface area contributed by atoms with Gasteiger partial charge in [-0.25, -0.2) is 18.2 Å². The van der Waals surface area contributed by atoms with E-state index in [1.807, 2.05) is 46.1 Å². The molecule has 2 aromatic heterocycles. The lowest BCUT2D eigenvalue weighted by Crippen LogP contribution is -2.51. The van der Waals surface area contributed by atoms with Gasteiger partial charge in [0, 0.05) is 61.6 Å². The lowest BCUT2D eigenvalue weighted by molar-refractivity contribution is 0.0140. The highest BCUT2D eigenvalue weighted by Crippen LogP contribution is 2.29. The molecular weight excluding hydrogens is 564 g/mol.